The lowest BCUT2D eigenvalue weighted by Gasteiger charge is -2.32. The van der Waals surface area contributed by atoms with Crippen LogP contribution in [0.2, 0.25) is 5.02 Å². The standard InChI is InChI=1S/C15H19ClF3N3O3S/c1-21(2)26(24,25)22-7-3-4-10(9-22)14(23)20-13-6-5-11(16)8-12(13)15(17,18)19/h5-6,8,10H,3-4,7,9H2,1-2H3,(H,20,23). The van der Waals surface area contributed by atoms with Crippen LogP contribution in [-0.2, 0) is 21.2 Å². The highest BCUT2D eigenvalue weighted by Gasteiger charge is 2.36. The molecule has 0 aromatic heterocycles. The predicted molar refractivity (Wildman–Crippen MR) is 92.0 cm³/mol. The maximum Gasteiger partial charge on any atom is 0.418 e. The van der Waals surface area contributed by atoms with E-state index in [1.54, 1.807) is 0 Å². The van der Waals surface area contributed by atoms with E-state index in [-0.39, 0.29) is 18.1 Å². The van der Waals surface area contributed by atoms with Gasteiger partial charge in [0, 0.05) is 32.2 Å². The molecule has 1 aromatic rings. The number of halogens is 4. The van der Waals surface area contributed by atoms with Crippen LogP contribution in [0.4, 0.5) is 18.9 Å². The Kier molecular flexibility index (Phi) is 6.21. The average molecular weight is 414 g/mol. The van der Waals surface area contributed by atoms with Crippen LogP contribution < -0.4 is 5.32 Å². The molecule has 146 valence electrons. The van der Waals surface area contributed by atoms with Crippen molar-refractivity contribution < 1.29 is 26.4 Å². The number of amides is 1. The second-order valence-electron chi connectivity index (χ2n) is 6.16. The predicted octanol–water partition coefficient (Wildman–Crippen LogP) is 2.82. The molecule has 1 fully saturated rings. The second kappa shape index (κ2) is 7.71. The number of carbonyl (C=O) groups excluding carboxylic acids is 1. The first kappa shape index (κ1) is 20.9. The van der Waals surface area contributed by atoms with Crippen LogP contribution in [-0.4, -0.2) is 50.1 Å². The molecule has 6 nitrogen and oxygen atoms in total. The largest absolute Gasteiger partial charge is 0.418 e. The summed E-state index contributed by atoms with van der Waals surface area (Å²) in [7, 11) is -0.932. The molecule has 0 aliphatic carbocycles. The van der Waals surface area contributed by atoms with E-state index in [0.717, 1.165) is 20.7 Å². The molecule has 2 rings (SSSR count). The van der Waals surface area contributed by atoms with Gasteiger partial charge in [0.1, 0.15) is 0 Å². The van der Waals surface area contributed by atoms with Crippen molar-refractivity contribution in [1.82, 2.24) is 8.61 Å². The Balaban J connectivity index is 2.18. The lowest BCUT2D eigenvalue weighted by Crippen LogP contribution is -2.47. The topological polar surface area (TPSA) is 69.7 Å². The van der Waals surface area contributed by atoms with Crippen LogP contribution in [0.3, 0.4) is 0 Å². The van der Waals surface area contributed by atoms with Gasteiger partial charge in [0.15, 0.2) is 0 Å². The summed E-state index contributed by atoms with van der Waals surface area (Å²) in [5.41, 5.74) is -1.45. The normalized spacial score (nSPS) is 19.6. The number of benzene rings is 1. The Hall–Kier alpha value is -1.36. The zero-order chi connectivity index (χ0) is 19.7. The summed E-state index contributed by atoms with van der Waals surface area (Å²) in [5.74, 6) is -1.40. The molecule has 0 bridgehead atoms. The van der Waals surface area contributed by atoms with Gasteiger partial charge in [-0.25, -0.2) is 0 Å². The van der Waals surface area contributed by atoms with E-state index in [1.165, 1.54) is 20.2 Å². The molecular formula is C15H19ClF3N3O3S. The summed E-state index contributed by atoms with van der Waals surface area (Å²) >= 11 is 5.62. The highest BCUT2D eigenvalue weighted by Crippen LogP contribution is 2.37. The molecule has 1 atom stereocenters. The Morgan fingerprint density at radius 3 is 2.58 bits per heavy atom. The molecular weight excluding hydrogens is 395 g/mol. The van der Waals surface area contributed by atoms with E-state index >= 15 is 0 Å². The number of nitrogens with zero attached hydrogens (tertiary/aromatic N) is 2. The van der Waals surface area contributed by atoms with E-state index in [4.69, 9.17) is 11.6 Å². The van der Waals surface area contributed by atoms with Gasteiger partial charge < -0.3 is 5.32 Å². The second-order valence-corrected chi connectivity index (χ2v) is 8.74. The van der Waals surface area contributed by atoms with Gasteiger partial charge in [-0.15, -0.1) is 0 Å². The van der Waals surface area contributed by atoms with E-state index in [2.05, 4.69) is 5.32 Å². The smallest absolute Gasteiger partial charge is 0.325 e. The molecule has 1 heterocycles. The maximum atomic E-state index is 13.1. The summed E-state index contributed by atoms with van der Waals surface area (Å²) in [6.45, 7) is 0.181. The van der Waals surface area contributed by atoms with Crippen molar-refractivity contribution in [3.05, 3.63) is 28.8 Å². The third kappa shape index (κ3) is 4.67. The van der Waals surface area contributed by atoms with E-state index in [1.807, 2.05) is 0 Å². The molecule has 1 aliphatic heterocycles. The SMILES string of the molecule is CN(C)S(=O)(=O)N1CCCC(C(=O)Nc2ccc(Cl)cc2C(F)(F)F)C1. The fourth-order valence-electron chi connectivity index (χ4n) is 2.69. The van der Waals surface area contributed by atoms with Crippen molar-refractivity contribution in [2.45, 2.75) is 19.0 Å². The number of hydrogen-bond acceptors (Lipinski definition) is 3. The number of alkyl halides is 3. The van der Waals surface area contributed by atoms with Crippen LogP contribution >= 0.6 is 11.6 Å². The number of anilines is 1. The van der Waals surface area contributed by atoms with Crippen molar-refractivity contribution in [2.75, 3.05) is 32.5 Å². The molecule has 1 amide bonds. The zero-order valence-electron chi connectivity index (χ0n) is 14.2. The van der Waals surface area contributed by atoms with Gasteiger partial charge in [0.05, 0.1) is 17.2 Å². The fourth-order valence-corrected chi connectivity index (χ4v) is 4.05. The number of nitrogens with one attached hydrogen (secondary N) is 1. The lowest BCUT2D eigenvalue weighted by atomic mass is 9.98. The Morgan fingerprint density at radius 1 is 1.35 bits per heavy atom. The number of piperidine rings is 1. The minimum atomic E-state index is -4.68. The Bertz CT molecular complexity index is 784. The molecule has 1 aliphatic rings. The van der Waals surface area contributed by atoms with Crippen LogP contribution in [0.1, 0.15) is 18.4 Å². The van der Waals surface area contributed by atoms with Gasteiger partial charge in [0.2, 0.25) is 5.91 Å². The molecule has 11 heteroatoms. The quantitative estimate of drug-likeness (QED) is 0.825. The molecule has 0 radical (unpaired) electrons. The average Bonchev–Trinajstić information content (AvgIpc) is 2.55. The summed E-state index contributed by atoms with van der Waals surface area (Å²) < 4.78 is 66.0. The van der Waals surface area contributed by atoms with Crippen LogP contribution in [0.5, 0.6) is 0 Å². The molecule has 26 heavy (non-hydrogen) atoms. The monoisotopic (exact) mass is 413 g/mol. The van der Waals surface area contributed by atoms with Crippen LogP contribution in [0, 0.1) is 5.92 Å². The van der Waals surface area contributed by atoms with Crippen molar-refractivity contribution >= 4 is 33.4 Å². The van der Waals surface area contributed by atoms with E-state index < -0.39 is 39.5 Å². The van der Waals surface area contributed by atoms with Gasteiger partial charge in [0.25, 0.3) is 10.2 Å². The third-order valence-electron chi connectivity index (χ3n) is 4.09. The molecule has 1 saturated heterocycles. The van der Waals surface area contributed by atoms with E-state index in [0.29, 0.717) is 12.8 Å². The summed E-state index contributed by atoms with van der Waals surface area (Å²) in [6, 6.07) is 3.07. The minimum absolute atomic E-state index is 0.0821. The summed E-state index contributed by atoms with van der Waals surface area (Å²) in [6.07, 6.45) is -3.85. The van der Waals surface area contributed by atoms with Crippen molar-refractivity contribution in [2.24, 2.45) is 5.92 Å². The minimum Gasteiger partial charge on any atom is -0.325 e. The first-order valence-corrected chi connectivity index (χ1v) is 9.55. The Morgan fingerprint density at radius 2 is 2.00 bits per heavy atom. The van der Waals surface area contributed by atoms with Gasteiger partial charge >= 0.3 is 6.18 Å². The highest BCUT2D eigenvalue weighted by molar-refractivity contribution is 7.86. The van der Waals surface area contributed by atoms with Gasteiger partial charge in [-0.05, 0) is 31.0 Å². The first-order chi connectivity index (χ1) is 11.9. The van der Waals surface area contributed by atoms with Gasteiger partial charge in [-0.2, -0.15) is 30.2 Å². The summed E-state index contributed by atoms with van der Waals surface area (Å²) in [5, 5.41) is 2.16. The zero-order valence-corrected chi connectivity index (χ0v) is 15.7. The number of rotatable bonds is 4. The Labute approximate surface area is 155 Å². The van der Waals surface area contributed by atoms with Crippen molar-refractivity contribution in [3.8, 4) is 0 Å². The van der Waals surface area contributed by atoms with Crippen molar-refractivity contribution in [1.29, 1.82) is 0 Å². The molecule has 1 aromatic carbocycles. The van der Waals surface area contributed by atoms with Gasteiger partial charge in [-0.1, -0.05) is 11.6 Å². The molecule has 0 spiro atoms. The van der Waals surface area contributed by atoms with Crippen LogP contribution in [0.25, 0.3) is 0 Å². The third-order valence-corrected chi connectivity index (χ3v) is 6.23. The lowest BCUT2D eigenvalue weighted by molar-refractivity contribution is -0.137. The van der Waals surface area contributed by atoms with Crippen molar-refractivity contribution in [3.63, 3.8) is 0 Å². The fraction of sp³-hybridized carbons (Fsp3) is 0.533. The van der Waals surface area contributed by atoms with Crippen LogP contribution in [0.15, 0.2) is 18.2 Å². The highest BCUT2D eigenvalue weighted by atomic mass is 35.5. The van der Waals surface area contributed by atoms with E-state index in [9.17, 15) is 26.4 Å². The number of carbonyl (C=O) groups is 1. The molecule has 0 saturated carbocycles. The van der Waals surface area contributed by atoms with Gasteiger partial charge in [-0.3, -0.25) is 4.79 Å². The molecule has 1 unspecified atom stereocenters. The first-order valence-electron chi connectivity index (χ1n) is 7.78. The molecule has 1 N–H and O–H groups in total. The summed E-state index contributed by atoms with van der Waals surface area (Å²) in [4.78, 5) is 12.4. The maximum absolute atomic E-state index is 13.1. The number of hydrogen-bond donors (Lipinski definition) is 1.